The molecule has 0 aliphatic rings. The van der Waals surface area contributed by atoms with Crippen molar-refractivity contribution >= 4 is 26.6 Å². The number of hydrogen-bond donors (Lipinski definition) is 1. The van der Waals surface area contributed by atoms with Crippen molar-refractivity contribution in [3.8, 4) is 0 Å². The molecule has 0 aliphatic heterocycles. The van der Waals surface area contributed by atoms with Crippen LogP contribution in [0.5, 0.6) is 0 Å². The van der Waals surface area contributed by atoms with Crippen LogP contribution in [-0.4, -0.2) is 13.0 Å². The average molecular weight is 222 g/mol. The Morgan fingerprint density at radius 2 is 1.87 bits per heavy atom. The predicted molar refractivity (Wildman–Crippen MR) is 56.5 cm³/mol. The van der Waals surface area contributed by atoms with E-state index in [1.54, 1.807) is 18.2 Å². The van der Waals surface area contributed by atoms with Crippen LogP contribution in [0.3, 0.4) is 0 Å². The van der Waals surface area contributed by atoms with Crippen LogP contribution >= 0.6 is 0 Å². The summed E-state index contributed by atoms with van der Waals surface area (Å²) in [6.45, 7) is 0. The first-order chi connectivity index (χ1) is 6.98. The van der Waals surface area contributed by atoms with Crippen molar-refractivity contribution in [3.63, 3.8) is 0 Å². The molecular formula is C10H8NO3S. The SMILES string of the molecule is [NH]c1cccc2cc(S(=O)(=O)O)ccc12. The lowest BCUT2D eigenvalue weighted by atomic mass is 10.1. The molecule has 2 N–H and O–H groups in total. The Morgan fingerprint density at radius 3 is 2.53 bits per heavy atom. The van der Waals surface area contributed by atoms with Gasteiger partial charge in [0.2, 0.25) is 0 Å². The van der Waals surface area contributed by atoms with Crippen molar-refractivity contribution in [1.82, 2.24) is 5.73 Å². The van der Waals surface area contributed by atoms with Gasteiger partial charge in [0.05, 0.1) is 10.6 Å². The molecule has 0 unspecified atom stereocenters. The van der Waals surface area contributed by atoms with Crippen LogP contribution in [0, 0.1) is 0 Å². The van der Waals surface area contributed by atoms with E-state index in [2.05, 4.69) is 0 Å². The first-order valence-corrected chi connectivity index (χ1v) is 5.64. The summed E-state index contributed by atoms with van der Waals surface area (Å²) in [4.78, 5) is -0.152. The third-order valence-electron chi connectivity index (χ3n) is 2.15. The highest BCUT2D eigenvalue weighted by Gasteiger charge is 2.10. The molecule has 0 aliphatic carbocycles. The van der Waals surface area contributed by atoms with E-state index in [1.807, 2.05) is 0 Å². The summed E-state index contributed by atoms with van der Waals surface area (Å²) in [5, 5.41) is 1.28. The summed E-state index contributed by atoms with van der Waals surface area (Å²) in [6.07, 6.45) is 0. The van der Waals surface area contributed by atoms with Crippen LogP contribution in [0.2, 0.25) is 0 Å². The average Bonchev–Trinajstić information content (AvgIpc) is 2.16. The molecule has 0 fully saturated rings. The number of rotatable bonds is 1. The van der Waals surface area contributed by atoms with Crippen LogP contribution in [0.1, 0.15) is 0 Å². The summed E-state index contributed by atoms with van der Waals surface area (Å²) in [7, 11) is -4.17. The molecule has 4 nitrogen and oxygen atoms in total. The Morgan fingerprint density at radius 1 is 1.13 bits per heavy atom. The summed E-state index contributed by atoms with van der Waals surface area (Å²) < 4.78 is 30.6. The zero-order valence-corrected chi connectivity index (χ0v) is 8.45. The third kappa shape index (κ3) is 1.79. The Labute approximate surface area is 87.1 Å². The van der Waals surface area contributed by atoms with Crippen LogP contribution in [0.15, 0.2) is 41.3 Å². The Hall–Kier alpha value is -1.59. The zero-order valence-electron chi connectivity index (χ0n) is 7.64. The number of nitrogens with one attached hydrogen (secondary N) is 1. The number of fused-ring (bicyclic) bond motifs is 1. The molecule has 0 aromatic heterocycles. The van der Waals surface area contributed by atoms with Crippen LogP contribution in [-0.2, 0) is 10.1 Å². The van der Waals surface area contributed by atoms with Gasteiger partial charge < -0.3 is 5.73 Å². The van der Waals surface area contributed by atoms with Crippen molar-refractivity contribution in [3.05, 3.63) is 36.4 Å². The van der Waals surface area contributed by atoms with E-state index in [4.69, 9.17) is 10.3 Å². The lowest BCUT2D eigenvalue weighted by molar-refractivity contribution is 0.483. The molecule has 2 aromatic rings. The van der Waals surface area contributed by atoms with E-state index in [9.17, 15) is 8.42 Å². The molecule has 0 saturated heterocycles. The maximum Gasteiger partial charge on any atom is 0.294 e. The van der Waals surface area contributed by atoms with Gasteiger partial charge in [0.1, 0.15) is 0 Å². The second-order valence-electron chi connectivity index (χ2n) is 3.16. The van der Waals surface area contributed by atoms with Gasteiger partial charge in [-0.1, -0.05) is 18.2 Å². The fraction of sp³-hybridized carbons (Fsp3) is 0. The minimum absolute atomic E-state index is 0.152. The third-order valence-corrected chi connectivity index (χ3v) is 3.00. The Bertz CT molecular complexity index is 620. The van der Waals surface area contributed by atoms with Crippen LogP contribution in [0.4, 0.5) is 5.69 Å². The Kier molecular flexibility index (Phi) is 2.13. The molecule has 1 radical (unpaired) electrons. The van der Waals surface area contributed by atoms with Gasteiger partial charge in [0, 0.05) is 5.39 Å². The molecule has 0 bridgehead atoms. The first kappa shape index (κ1) is 9.95. The highest BCUT2D eigenvalue weighted by Crippen LogP contribution is 2.24. The van der Waals surface area contributed by atoms with E-state index in [0.29, 0.717) is 16.5 Å². The standard InChI is InChI=1S/C10H8NO3S/c11-10-3-1-2-7-6-8(15(12,13)14)4-5-9(7)10/h1-6,11H,(H,12,13,14). The van der Waals surface area contributed by atoms with Crippen molar-refractivity contribution in [1.29, 1.82) is 0 Å². The summed E-state index contributed by atoms with van der Waals surface area (Å²) >= 11 is 0. The topological polar surface area (TPSA) is 78.2 Å². The van der Waals surface area contributed by atoms with Gasteiger partial charge in [-0.3, -0.25) is 4.55 Å². The largest absolute Gasteiger partial charge is 0.300 e. The highest BCUT2D eigenvalue weighted by molar-refractivity contribution is 7.85. The summed E-state index contributed by atoms with van der Waals surface area (Å²) in [5.74, 6) is 0. The van der Waals surface area contributed by atoms with Gasteiger partial charge in [0.15, 0.2) is 0 Å². The van der Waals surface area contributed by atoms with E-state index in [1.165, 1.54) is 18.2 Å². The lowest BCUT2D eigenvalue weighted by Gasteiger charge is -2.02. The molecule has 0 spiro atoms. The molecule has 15 heavy (non-hydrogen) atoms. The molecule has 2 aromatic carbocycles. The molecule has 0 amide bonds. The van der Waals surface area contributed by atoms with Gasteiger partial charge >= 0.3 is 0 Å². The van der Waals surface area contributed by atoms with Gasteiger partial charge in [-0.25, -0.2) is 0 Å². The summed E-state index contributed by atoms with van der Waals surface area (Å²) in [5.41, 5.74) is 7.91. The highest BCUT2D eigenvalue weighted by atomic mass is 32.2. The molecule has 77 valence electrons. The van der Waals surface area contributed by atoms with Gasteiger partial charge in [0.25, 0.3) is 10.1 Å². The first-order valence-electron chi connectivity index (χ1n) is 4.20. The Balaban J connectivity index is 2.79. The van der Waals surface area contributed by atoms with E-state index >= 15 is 0 Å². The molecule has 0 heterocycles. The van der Waals surface area contributed by atoms with Crippen molar-refractivity contribution in [2.24, 2.45) is 0 Å². The minimum atomic E-state index is -4.17. The van der Waals surface area contributed by atoms with Gasteiger partial charge in [-0.15, -0.1) is 0 Å². The maximum atomic E-state index is 10.9. The summed E-state index contributed by atoms with van der Waals surface area (Å²) in [6, 6.07) is 9.13. The predicted octanol–water partition coefficient (Wildman–Crippen LogP) is 2.00. The van der Waals surface area contributed by atoms with Crippen LogP contribution < -0.4 is 5.73 Å². The molecule has 0 saturated carbocycles. The van der Waals surface area contributed by atoms with Crippen LogP contribution in [0.25, 0.3) is 10.8 Å². The second kappa shape index (κ2) is 3.22. The normalized spacial score (nSPS) is 11.8. The second-order valence-corrected chi connectivity index (χ2v) is 4.59. The molecule has 5 heteroatoms. The monoisotopic (exact) mass is 222 g/mol. The zero-order chi connectivity index (χ0) is 11.1. The van der Waals surface area contributed by atoms with Gasteiger partial charge in [-0.05, 0) is 23.6 Å². The van der Waals surface area contributed by atoms with Crippen molar-refractivity contribution in [2.45, 2.75) is 4.90 Å². The van der Waals surface area contributed by atoms with Crippen molar-refractivity contribution < 1.29 is 13.0 Å². The van der Waals surface area contributed by atoms with E-state index < -0.39 is 10.1 Å². The van der Waals surface area contributed by atoms with Gasteiger partial charge in [-0.2, -0.15) is 8.42 Å². The van der Waals surface area contributed by atoms with E-state index in [-0.39, 0.29) is 4.90 Å². The number of hydrogen-bond acceptors (Lipinski definition) is 2. The fourth-order valence-electron chi connectivity index (χ4n) is 1.42. The molecule has 2 rings (SSSR count). The maximum absolute atomic E-state index is 10.9. The molecule has 0 atom stereocenters. The quantitative estimate of drug-likeness (QED) is 0.749. The number of benzene rings is 2. The van der Waals surface area contributed by atoms with Crippen molar-refractivity contribution in [2.75, 3.05) is 0 Å². The smallest absolute Gasteiger partial charge is 0.294 e. The molecular weight excluding hydrogens is 214 g/mol. The van der Waals surface area contributed by atoms with E-state index in [0.717, 1.165) is 0 Å². The minimum Gasteiger partial charge on any atom is -0.300 e. The fourth-order valence-corrected chi connectivity index (χ4v) is 1.94. The lowest BCUT2D eigenvalue weighted by Crippen LogP contribution is -1.97.